The van der Waals surface area contributed by atoms with Crippen LogP contribution in [-0.4, -0.2) is 60.3 Å². The molecule has 0 saturated carbocycles. The Hall–Kier alpha value is -4.92. The summed E-state index contributed by atoms with van der Waals surface area (Å²) in [5.41, 5.74) is 0.812. The number of benzene rings is 2. The fourth-order valence-corrected chi connectivity index (χ4v) is 6.66. The molecular weight excluding hydrogens is 695 g/mol. The highest BCUT2D eigenvalue weighted by atomic mass is 35.5. The van der Waals surface area contributed by atoms with E-state index in [0.29, 0.717) is 71.5 Å². The predicted octanol–water partition coefficient (Wildman–Crippen LogP) is 6.05. The van der Waals surface area contributed by atoms with Crippen LogP contribution in [0.25, 0.3) is 33.3 Å². The summed E-state index contributed by atoms with van der Waals surface area (Å²) in [6.07, 6.45) is -0.277. The summed E-state index contributed by atoms with van der Waals surface area (Å²) < 4.78 is 35.3. The second-order valence-corrected chi connectivity index (χ2v) is 12.6. The molecule has 3 aromatic heterocycles. The fourth-order valence-electron chi connectivity index (χ4n) is 6.06. The molecule has 16 heteroatoms. The minimum atomic E-state index is -2.98. The number of rotatable bonds is 9. The fraction of sp³-hybridized carbons (Fsp3) is 0.294. The zero-order valence-electron chi connectivity index (χ0n) is 27.1. The molecule has 0 atom stereocenters. The van der Waals surface area contributed by atoms with Gasteiger partial charge in [-0.05, 0) is 38.1 Å². The topological polar surface area (TPSA) is 144 Å². The van der Waals surface area contributed by atoms with Crippen LogP contribution >= 0.6 is 23.2 Å². The van der Waals surface area contributed by atoms with Crippen LogP contribution in [0.2, 0.25) is 10.0 Å². The molecule has 0 spiro atoms. The molecule has 1 aliphatic rings. The molecule has 2 N–H and O–H groups in total. The number of hydrogen-bond acceptors (Lipinski definition) is 9. The summed E-state index contributed by atoms with van der Waals surface area (Å²) in [6.45, 7) is 1.68. The first-order chi connectivity index (χ1) is 23.9. The van der Waals surface area contributed by atoms with Gasteiger partial charge in [0.1, 0.15) is 22.6 Å². The molecule has 0 amide bonds. The number of nitrogens with one attached hydrogen (secondary N) is 1. The van der Waals surface area contributed by atoms with E-state index in [1.165, 1.54) is 21.2 Å². The van der Waals surface area contributed by atoms with Gasteiger partial charge in [-0.3, -0.25) is 28.6 Å². The average Bonchev–Trinajstić information content (AvgIpc) is 3.11. The van der Waals surface area contributed by atoms with Crippen molar-refractivity contribution in [3.63, 3.8) is 0 Å². The standard InChI is InChI=1S/C34H31Cl2F2N7O5/c1-43-25-14-22(29(37)38)41-30(26(25)32(46)44(2)34(43)49)40-21-9-5-7-19(28(21)36)18-6-4-8-20(27(18)35)23-15-39-24(31(42-23)50-3)16-45-12-10-17(11-13-45)33(47)48/h4-9,14-15,17,29H,10-13,16H2,1-3H3,(H,40,41)(H,47,48). The maximum Gasteiger partial charge on any atom is 0.330 e. The van der Waals surface area contributed by atoms with Crippen molar-refractivity contribution in [2.75, 3.05) is 25.5 Å². The third-order valence-electron chi connectivity index (χ3n) is 8.83. The quantitative estimate of drug-likeness (QED) is 0.184. The minimum absolute atomic E-state index is 0.0146. The number of carboxylic acids is 1. The van der Waals surface area contributed by atoms with Crippen LogP contribution < -0.4 is 21.3 Å². The van der Waals surface area contributed by atoms with Crippen LogP contribution in [0.5, 0.6) is 5.88 Å². The lowest BCUT2D eigenvalue weighted by Crippen LogP contribution is -2.37. The second kappa shape index (κ2) is 14.1. The van der Waals surface area contributed by atoms with Crippen molar-refractivity contribution in [2.24, 2.45) is 20.0 Å². The first-order valence-corrected chi connectivity index (χ1v) is 16.2. The summed E-state index contributed by atoms with van der Waals surface area (Å²) in [5, 5.41) is 12.6. The Kier molecular flexibility index (Phi) is 9.87. The molecule has 1 aliphatic heterocycles. The first-order valence-electron chi connectivity index (χ1n) is 15.5. The van der Waals surface area contributed by atoms with Crippen LogP contribution in [0.4, 0.5) is 20.3 Å². The van der Waals surface area contributed by atoms with Gasteiger partial charge >= 0.3 is 11.7 Å². The molecule has 1 fully saturated rings. The van der Waals surface area contributed by atoms with E-state index in [1.54, 1.807) is 42.6 Å². The van der Waals surface area contributed by atoms with Gasteiger partial charge in [0.2, 0.25) is 5.88 Å². The second-order valence-electron chi connectivity index (χ2n) is 11.9. The van der Waals surface area contributed by atoms with Gasteiger partial charge in [-0.1, -0.05) is 53.5 Å². The molecule has 0 aliphatic carbocycles. The van der Waals surface area contributed by atoms with E-state index < -0.39 is 29.3 Å². The van der Waals surface area contributed by atoms with E-state index in [1.807, 2.05) is 0 Å². The van der Waals surface area contributed by atoms with Gasteiger partial charge in [-0.2, -0.15) is 0 Å². The zero-order valence-corrected chi connectivity index (χ0v) is 28.6. The van der Waals surface area contributed by atoms with E-state index in [2.05, 4.69) is 25.2 Å². The van der Waals surface area contributed by atoms with Gasteiger partial charge in [-0.15, -0.1) is 0 Å². The van der Waals surface area contributed by atoms with E-state index in [9.17, 15) is 28.3 Å². The number of hydrogen-bond donors (Lipinski definition) is 2. The van der Waals surface area contributed by atoms with Crippen molar-refractivity contribution in [2.45, 2.75) is 25.8 Å². The molecule has 50 heavy (non-hydrogen) atoms. The van der Waals surface area contributed by atoms with Gasteiger partial charge in [0.15, 0.2) is 0 Å². The number of aromatic nitrogens is 5. The molecular formula is C34H31Cl2F2N7O5. The van der Waals surface area contributed by atoms with Crippen molar-refractivity contribution in [3.05, 3.63) is 90.9 Å². The van der Waals surface area contributed by atoms with Crippen LogP contribution in [0.15, 0.2) is 58.3 Å². The Morgan fingerprint density at radius 2 is 1.68 bits per heavy atom. The normalized spacial score (nSPS) is 14.0. The summed E-state index contributed by atoms with van der Waals surface area (Å²) in [7, 11) is 4.16. The number of aliphatic carboxylic acids is 1. The Balaban J connectivity index is 1.34. The van der Waals surface area contributed by atoms with Crippen LogP contribution in [0, 0.1) is 5.92 Å². The van der Waals surface area contributed by atoms with E-state index >= 15 is 0 Å². The Labute approximate surface area is 293 Å². The Morgan fingerprint density at radius 3 is 2.34 bits per heavy atom. The van der Waals surface area contributed by atoms with Crippen molar-refractivity contribution >= 4 is 51.6 Å². The molecule has 12 nitrogen and oxygen atoms in total. The van der Waals surface area contributed by atoms with Crippen molar-refractivity contribution in [1.29, 1.82) is 0 Å². The van der Waals surface area contributed by atoms with Gasteiger partial charge in [0, 0.05) is 37.3 Å². The number of methoxy groups -OCH3 is 1. The van der Waals surface area contributed by atoms with Gasteiger partial charge in [0.25, 0.3) is 12.0 Å². The van der Waals surface area contributed by atoms with E-state index in [0.717, 1.165) is 15.2 Å². The smallest absolute Gasteiger partial charge is 0.330 e. The summed E-state index contributed by atoms with van der Waals surface area (Å²) >= 11 is 13.9. The number of pyridine rings is 1. The number of carboxylic acid groups (broad SMARTS) is 1. The third-order valence-corrected chi connectivity index (χ3v) is 9.64. The summed E-state index contributed by atoms with van der Waals surface area (Å²) in [4.78, 5) is 52.5. The van der Waals surface area contributed by atoms with E-state index in [-0.39, 0.29) is 33.3 Å². The minimum Gasteiger partial charge on any atom is -0.481 e. The molecule has 0 bridgehead atoms. The molecule has 1 saturated heterocycles. The number of fused-ring (bicyclic) bond motifs is 1. The average molecular weight is 727 g/mol. The number of aryl methyl sites for hydroxylation is 1. The van der Waals surface area contributed by atoms with Gasteiger partial charge in [0.05, 0.1) is 46.2 Å². The lowest BCUT2D eigenvalue weighted by molar-refractivity contribution is -0.143. The number of carbonyl (C=O) groups is 1. The summed E-state index contributed by atoms with van der Waals surface area (Å²) in [6, 6.07) is 11.3. The van der Waals surface area contributed by atoms with Crippen LogP contribution in [0.3, 0.4) is 0 Å². The zero-order chi connectivity index (χ0) is 35.9. The Bertz CT molecular complexity index is 2260. The maximum absolute atomic E-state index is 13.9. The molecule has 5 aromatic rings. The van der Waals surface area contributed by atoms with Gasteiger partial charge < -0.3 is 15.2 Å². The van der Waals surface area contributed by atoms with Gasteiger partial charge in [-0.25, -0.2) is 23.5 Å². The number of piperidine rings is 1. The lowest BCUT2D eigenvalue weighted by atomic mass is 9.97. The largest absolute Gasteiger partial charge is 0.481 e. The number of nitrogens with zero attached hydrogens (tertiary/aromatic N) is 6. The molecule has 6 rings (SSSR count). The van der Waals surface area contributed by atoms with Crippen LogP contribution in [0.1, 0.15) is 30.7 Å². The number of halogens is 4. The molecule has 0 unspecified atom stereocenters. The number of likely N-dealkylation sites (tertiary alicyclic amines) is 1. The maximum atomic E-state index is 13.9. The van der Waals surface area contributed by atoms with Crippen molar-refractivity contribution < 1.29 is 23.4 Å². The van der Waals surface area contributed by atoms with Crippen LogP contribution in [-0.2, 0) is 25.4 Å². The monoisotopic (exact) mass is 725 g/mol. The molecule has 0 radical (unpaired) electrons. The molecule has 2 aromatic carbocycles. The lowest BCUT2D eigenvalue weighted by Gasteiger charge is -2.29. The highest BCUT2D eigenvalue weighted by Gasteiger charge is 2.26. The van der Waals surface area contributed by atoms with E-state index in [4.69, 9.17) is 27.9 Å². The first kappa shape index (κ1) is 34.9. The Morgan fingerprint density at radius 1 is 1.02 bits per heavy atom. The molecule has 260 valence electrons. The summed E-state index contributed by atoms with van der Waals surface area (Å²) in [5.74, 6) is -1.01. The molecule has 4 heterocycles. The van der Waals surface area contributed by atoms with Crippen molar-refractivity contribution in [3.8, 4) is 28.3 Å². The van der Waals surface area contributed by atoms with Crippen molar-refractivity contribution in [1.82, 2.24) is 29.0 Å². The highest BCUT2D eigenvalue weighted by Crippen LogP contribution is 2.42. The third kappa shape index (κ3) is 6.53. The number of alkyl halides is 2. The highest BCUT2D eigenvalue weighted by molar-refractivity contribution is 6.39. The SMILES string of the molecule is COc1nc(-c2cccc(-c3cccc(Nc4nc(C(F)F)cc5c4c(=O)n(C)c(=O)n5C)c3Cl)c2Cl)cnc1CN1CCC(C(=O)O)CC1. The number of anilines is 2. The number of ether oxygens (including phenoxy) is 1. The predicted molar refractivity (Wildman–Crippen MR) is 186 cm³/mol.